The van der Waals surface area contributed by atoms with Gasteiger partial charge in [-0.1, -0.05) is 35.5 Å². The fraction of sp³-hybridized carbons (Fsp3) is 0.158. The number of rotatable bonds is 7. The third-order valence-corrected chi connectivity index (χ3v) is 4.88. The van der Waals surface area contributed by atoms with Crippen LogP contribution >= 0.6 is 23.4 Å². The van der Waals surface area contributed by atoms with Gasteiger partial charge in [-0.25, -0.2) is 4.39 Å². The Labute approximate surface area is 170 Å². The fourth-order valence-corrected chi connectivity index (χ4v) is 3.34. The van der Waals surface area contributed by atoms with E-state index in [0.29, 0.717) is 23.2 Å². The van der Waals surface area contributed by atoms with E-state index in [0.717, 1.165) is 11.1 Å². The van der Waals surface area contributed by atoms with Crippen molar-refractivity contribution in [1.82, 2.24) is 19.7 Å². The van der Waals surface area contributed by atoms with E-state index in [4.69, 9.17) is 11.6 Å². The molecule has 0 atom stereocenters. The number of hydrogen-bond donors (Lipinski definition) is 1. The Morgan fingerprint density at radius 1 is 1.29 bits per heavy atom. The van der Waals surface area contributed by atoms with Crippen LogP contribution in [0, 0.1) is 5.82 Å². The first kappa shape index (κ1) is 20.0. The molecule has 0 spiro atoms. The molecule has 1 N–H and O–H groups in total. The highest BCUT2D eigenvalue weighted by atomic mass is 35.5. The number of anilines is 1. The van der Waals surface area contributed by atoms with Crippen LogP contribution in [0.2, 0.25) is 5.02 Å². The van der Waals surface area contributed by atoms with E-state index >= 15 is 0 Å². The maximum Gasteiger partial charge on any atom is 0.234 e. The average Bonchev–Trinajstić information content (AvgIpc) is 3.05. The highest BCUT2D eigenvalue weighted by Gasteiger charge is 2.16. The van der Waals surface area contributed by atoms with Crippen molar-refractivity contribution < 1.29 is 9.18 Å². The second-order valence-electron chi connectivity index (χ2n) is 6.05. The summed E-state index contributed by atoms with van der Waals surface area (Å²) in [6.07, 6.45) is 3.37. The number of hydrogen-bond acceptors (Lipinski definition) is 5. The number of nitrogens with one attached hydrogen (secondary N) is 1. The van der Waals surface area contributed by atoms with Crippen LogP contribution < -0.4 is 5.32 Å². The molecule has 28 heavy (non-hydrogen) atoms. The minimum Gasteiger partial charge on any atom is -0.325 e. The van der Waals surface area contributed by atoms with Gasteiger partial charge in [-0.05, 0) is 37.3 Å². The third-order valence-electron chi connectivity index (χ3n) is 3.62. The minimum absolute atomic E-state index is 0.0475. The number of pyridine rings is 1. The fourth-order valence-electron chi connectivity index (χ4n) is 2.42. The molecule has 0 unspecified atom stereocenters. The van der Waals surface area contributed by atoms with E-state index in [1.165, 1.54) is 30.0 Å². The van der Waals surface area contributed by atoms with Gasteiger partial charge in [-0.2, -0.15) is 0 Å². The van der Waals surface area contributed by atoms with Crippen molar-refractivity contribution in [2.24, 2.45) is 0 Å². The Kier molecular flexibility index (Phi) is 6.43. The number of thioether (sulfide) groups is 1. The van der Waals surface area contributed by atoms with Crippen LogP contribution in [0.5, 0.6) is 0 Å². The zero-order valence-electron chi connectivity index (χ0n) is 15.0. The van der Waals surface area contributed by atoms with Crippen molar-refractivity contribution in [2.75, 3.05) is 11.1 Å². The van der Waals surface area contributed by atoms with E-state index in [1.54, 1.807) is 12.4 Å². The van der Waals surface area contributed by atoms with Gasteiger partial charge in [0.2, 0.25) is 5.91 Å². The van der Waals surface area contributed by atoms with Gasteiger partial charge in [-0.3, -0.25) is 14.3 Å². The molecule has 0 aliphatic carbocycles. The van der Waals surface area contributed by atoms with Crippen LogP contribution in [0.3, 0.4) is 0 Å². The molecule has 1 amide bonds. The quantitative estimate of drug-likeness (QED) is 0.454. The van der Waals surface area contributed by atoms with Crippen molar-refractivity contribution in [1.29, 1.82) is 0 Å². The lowest BCUT2D eigenvalue weighted by molar-refractivity contribution is -0.113. The normalized spacial score (nSPS) is 10.7. The molecule has 0 aliphatic rings. The molecule has 0 fully saturated rings. The smallest absolute Gasteiger partial charge is 0.234 e. The lowest BCUT2D eigenvalue weighted by Crippen LogP contribution is -2.15. The standard InChI is InChI=1S/C19H17ClFN5OS/c1-12(2)10-26-18(13-5-7-22-8-6-13)24-25-19(26)28-11-17(27)23-14-3-4-16(21)15(20)9-14/h3-9H,1,10-11H2,2H3,(H,23,27). The van der Waals surface area contributed by atoms with Gasteiger partial charge in [-0.15, -0.1) is 10.2 Å². The highest BCUT2D eigenvalue weighted by molar-refractivity contribution is 7.99. The van der Waals surface area contributed by atoms with Gasteiger partial charge in [0.05, 0.1) is 10.8 Å². The van der Waals surface area contributed by atoms with Crippen LogP contribution in [0.1, 0.15) is 6.92 Å². The molecule has 0 bridgehead atoms. The Balaban J connectivity index is 1.73. The van der Waals surface area contributed by atoms with Crippen LogP contribution in [0.25, 0.3) is 11.4 Å². The van der Waals surface area contributed by atoms with Gasteiger partial charge < -0.3 is 5.32 Å². The van der Waals surface area contributed by atoms with E-state index in [9.17, 15) is 9.18 Å². The van der Waals surface area contributed by atoms with E-state index in [1.807, 2.05) is 23.6 Å². The summed E-state index contributed by atoms with van der Waals surface area (Å²) in [5, 5.41) is 11.7. The zero-order chi connectivity index (χ0) is 20.1. The summed E-state index contributed by atoms with van der Waals surface area (Å²) in [6, 6.07) is 7.71. The van der Waals surface area contributed by atoms with Gasteiger partial charge in [0.25, 0.3) is 0 Å². The number of aromatic nitrogens is 4. The van der Waals surface area contributed by atoms with Crippen LogP contribution in [-0.2, 0) is 11.3 Å². The summed E-state index contributed by atoms with van der Waals surface area (Å²) < 4.78 is 15.1. The van der Waals surface area contributed by atoms with E-state index in [-0.39, 0.29) is 16.7 Å². The summed E-state index contributed by atoms with van der Waals surface area (Å²) in [5.41, 5.74) is 2.24. The van der Waals surface area contributed by atoms with Crippen molar-refractivity contribution in [2.45, 2.75) is 18.6 Å². The van der Waals surface area contributed by atoms with E-state index < -0.39 is 5.82 Å². The summed E-state index contributed by atoms with van der Waals surface area (Å²) in [5.74, 6) is -0.00754. The molecule has 0 saturated carbocycles. The Morgan fingerprint density at radius 2 is 2.04 bits per heavy atom. The van der Waals surface area contributed by atoms with Gasteiger partial charge in [0.15, 0.2) is 11.0 Å². The number of allylic oxidation sites excluding steroid dienone is 1. The maximum atomic E-state index is 13.2. The molecule has 144 valence electrons. The Bertz CT molecular complexity index is 1010. The molecule has 9 heteroatoms. The molecular weight excluding hydrogens is 401 g/mol. The van der Waals surface area contributed by atoms with Crippen molar-refractivity contribution in [3.63, 3.8) is 0 Å². The number of amides is 1. The summed E-state index contributed by atoms with van der Waals surface area (Å²) in [7, 11) is 0. The second kappa shape index (κ2) is 8.99. The van der Waals surface area contributed by atoms with Gasteiger partial charge in [0.1, 0.15) is 5.82 Å². The van der Waals surface area contributed by atoms with Crippen LogP contribution in [-0.4, -0.2) is 31.4 Å². The average molecular weight is 418 g/mol. The monoisotopic (exact) mass is 417 g/mol. The molecule has 0 radical (unpaired) electrons. The minimum atomic E-state index is -0.537. The SMILES string of the molecule is C=C(C)Cn1c(SCC(=O)Nc2ccc(F)c(Cl)c2)nnc1-c1ccncc1. The topological polar surface area (TPSA) is 72.7 Å². The zero-order valence-corrected chi connectivity index (χ0v) is 16.6. The largest absolute Gasteiger partial charge is 0.325 e. The van der Waals surface area contributed by atoms with Gasteiger partial charge >= 0.3 is 0 Å². The van der Waals surface area contributed by atoms with Crippen LogP contribution in [0.15, 0.2) is 60.0 Å². The van der Waals surface area contributed by atoms with Crippen molar-refractivity contribution in [3.8, 4) is 11.4 Å². The summed E-state index contributed by atoms with van der Waals surface area (Å²) in [6.45, 7) is 6.39. The molecule has 0 saturated heterocycles. The third kappa shape index (κ3) is 4.96. The number of nitrogens with zero attached hydrogens (tertiary/aromatic N) is 4. The lowest BCUT2D eigenvalue weighted by Gasteiger charge is -2.10. The van der Waals surface area contributed by atoms with Gasteiger partial charge in [0, 0.05) is 30.2 Å². The number of carbonyl (C=O) groups is 1. The molecule has 6 nitrogen and oxygen atoms in total. The Morgan fingerprint density at radius 3 is 2.71 bits per heavy atom. The molecule has 3 rings (SSSR count). The summed E-state index contributed by atoms with van der Waals surface area (Å²) >= 11 is 6.99. The molecular formula is C19H17ClFN5OS. The number of benzene rings is 1. The number of carbonyl (C=O) groups excluding carboxylic acids is 1. The first-order valence-electron chi connectivity index (χ1n) is 8.29. The molecule has 3 aromatic rings. The predicted octanol–water partition coefficient (Wildman–Crippen LogP) is 4.44. The van der Waals surface area contributed by atoms with Crippen LogP contribution in [0.4, 0.5) is 10.1 Å². The van der Waals surface area contributed by atoms with Crippen molar-refractivity contribution in [3.05, 3.63) is 65.7 Å². The first-order valence-corrected chi connectivity index (χ1v) is 9.66. The molecule has 2 heterocycles. The lowest BCUT2D eigenvalue weighted by atomic mass is 10.2. The Hall–Kier alpha value is -2.71. The molecule has 1 aromatic carbocycles. The number of halogens is 2. The van der Waals surface area contributed by atoms with E-state index in [2.05, 4.69) is 27.1 Å². The highest BCUT2D eigenvalue weighted by Crippen LogP contribution is 2.25. The maximum absolute atomic E-state index is 13.2. The molecule has 2 aromatic heterocycles. The summed E-state index contributed by atoms with van der Waals surface area (Å²) in [4.78, 5) is 16.3. The second-order valence-corrected chi connectivity index (χ2v) is 7.40. The van der Waals surface area contributed by atoms with Crippen molar-refractivity contribution >= 4 is 35.0 Å². The molecule has 0 aliphatic heterocycles. The predicted molar refractivity (Wildman–Crippen MR) is 109 cm³/mol. The first-order chi connectivity index (χ1) is 13.4.